The van der Waals surface area contributed by atoms with Gasteiger partial charge in [-0.05, 0) is 67.6 Å². The fourth-order valence-electron chi connectivity index (χ4n) is 3.26. The Kier molecular flexibility index (Phi) is 6.60. The number of amidine groups is 1. The molecule has 2 N–H and O–H groups in total. The van der Waals surface area contributed by atoms with Crippen LogP contribution in [-0.2, 0) is 14.8 Å². The molecule has 1 amide bonds. The zero-order valence-corrected chi connectivity index (χ0v) is 18.8. The maximum absolute atomic E-state index is 12.3. The Morgan fingerprint density at radius 1 is 0.939 bits per heavy atom. The summed E-state index contributed by atoms with van der Waals surface area (Å²) < 4.78 is 37.8. The Morgan fingerprint density at radius 3 is 2.27 bits per heavy atom. The van der Waals surface area contributed by atoms with Gasteiger partial charge in [-0.3, -0.25) is 14.5 Å². The van der Waals surface area contributed by atoms with E-state index in [1.807, 2.05) is 31.2 Å². The summed E-state index contributed by atoms with van der Waals surface area (Å²) in [5, 5.41) is 2.80. The van der Waals surface area contributed by atoms with E-state index < -0.39 is 10.0 Å². The summed E-state index contributed by atoms with van der Waals surface area (Å²) in [6.07, 6.45) is 0.109. The van der Waals surface area contributed by atoms with Gasteiger partial charge in [-0.15, -0.1) is 0 Å². The topological polar surface area (TPSA) is 106 Å². The number of aliphatic imine (C=N–C) groups is 1. The quantitative estimate of drug-likeness (QED) is 0.524. The molecule has 0 radical (unpaired) electrons. The number of fused-ring (bicyclic) bond motifs is 1. The maximum Gasteiger partial charge on any atom is 0.263 e. The van der Waals surface area contributed by atoms with Gasteiger partial charge >= 0.3 is 0 Å². The Balaban J connectivity index is 1.29. The van der Waals surface area contributed by atoms with Crippen LogP contribution in [0.5, 0.6) is 17.2 Å². The van der Waals surface area contributed by atoms with Crippen molar-refractivity contribution in [1.29, 1.82) is 0 Å². The van der Waals surface area contributed by atoms with Gasteiger partial charge < -0.3 is 14.8 Å². The number of amides is 1. The van der Waals surface area contributed by atoms with E-state index in [4.69, 9.17) is 9.47 Å². The fourth-order valence-corrected chi connectivity index (χ4v) is 4.51. The number of nitrogens with one attached hydrogen (secondary N) is 2. The predicted octanol–water partition coefficient (Wildman–Crippen LogP) is 3.94. The molecular weight excluding hydrogens is 442 g/mol. The molecule has 33 heavy (non-hydrogen) atoms. The van der Waals surface area contributed by atoms with Crippen LogP contribution in [0.4, 0.5) is 5.69 Å². The summed E-state index contributed by atoms with van der Waals surface area (Å²) in [5.74, 6) is 2.12. The van der Waals surface area contributed by atoms with Crippen LogP contribution in [0.1, 0.15) is 18.9 Å². The molecule has 1 aliphatic rings. The molecule has 0 aromatic heterocycles. The molecule has 4 rings (SSSR count). The van der Waals surface area contributed by atoms with Crippen molar-refractivity contribution >= 4 is 27.5 Å². The molecule has 0 atom stereocenters. The molecule has 0 spiro atoms. The number of anilines is 1. The lowest BCUT2D eigenvalue weighted by molar-refractivity contribution is -0.116. The van der Waals surface area contributed by atoms with E-state index in [9.17, 15) is 13.2 Å². The third-order valence-corrected chi connectivity index (χ3v) is 6.18. The minimum atomic E-state index is -3.59. The van der Waals surface area contributed by atoms with Crippen molar-refractivity contribution in [3.05, 3.63) is 78.4 Å². The first-order valence-electron chi connectivity index (χ1n) is 10.4. The van der Waals surface area contributed by atoms with Crippen LogP contribution in [0.25, 0.3) is 0 Å². The minimum Gasteiger partial charge on any atom is -0.494 e. The molecule has 8 nitrogen and oxygen atoms in total. The Labute approximate surface area is 192 Å². The van der Waals surface area contributed by atoms with Crippen LogP contribution in [-0.4, -0.2) is 33.3 Å². The normalized spacial score (nSPS) is 14.9. The van der Waals surface area contributed by atoms with Gasteiger partial charge in [0, 0.05) is 17.7 Å². The molecule has 3 aromatic rings. The van der Waals surface area contributed by atoms with E-state index in [1.165, 1.54) is 6.07 Å². The molecule has 0 aliphatic carbocycles. The molecule has 0 saturated carbocycles. The first-order valence-corrected chi connectivity index (χ1v) is 11.9. The highest BCUT2D eigenvalue weighted by atomic mass is 32.2. The number of ether oxygens (including phenoxy) is 2. The Hall–Kier alpha value is -3.85. The number of carbonyl (C=O) groups is 1. The van der Waals surface area contributed by atoms with Gasteiger partial charge in [0.05, 0.1) is 18.0 Å². The summed E-state index contributed by atoms with van der Waals surface area (Å²) >= 11 is 0. The van der Waals surface area contributed by atoms with Crippen molar-refractivity contribution in [3.63, 3.8) is 0 Å². The molecule has 0 bridgehead atoms. The lowest BCUT2D eigenvalue weighted by Gasteiger charge is -2.09. The van der Waals surface area contributed by atoms with E-state index in [1.54, 1.807) is 42.5 Å². The highest BCUT2D eigenvalue weighted by Crippen LogP contribution is 2.25. The second kappa shape index (κ2) is 9.74. The van der Waals surface area contributed by atoms with Crippen molar-refractivity contribution in [2.24, 2.45) is 4.99 Å². The number of rotatable bonds is 8. The summed E-state index contributed by atoms with van der Waals surface area (Å²) in [6.45, 7) is 2.68. The van der Waals surface area contributed by atoms with Gasteiger partial charge in [0.2, 0.25) is 5.91 Å². The van der Waals surface area contributed by atoms with E-state index in [0.29, 0.717) is 29.4 Å². The average molecular weight is 466 g/mol. The third kappa shape index (κ3) is 5.50. The number of sulfonamides is 1. The standard InChI is InChI=1S/C24H23N3O5S/c1-2-31-18-11-13-20(14-12-18)32-19-9-7-17(8-10-19)26-23(28)15-16-25-24-21-5-3-4-6-22(21)33(29,30)27-24/h3-14H,2,15-16H2,1H3,(H,25,27)(H,26,28). The van der Waals surface area contributed by atoms with Gasteiger partial charge in [-0.25, -0.2) is 8.42 Å². The number of benzene rings is 3. The first kappa shape index (κ1) is 22.3. The molecule has 170 valence electrons. The molecule has 0 fully saturated rings. The van der Waals surface area contributed by atoms with Crippen LogP contribution < -0.4 is 19.5 Å². The Bertz CT molecular complexity index is 1270. The van der Waals surface area contributed by atoms with Crippen molar-refractivity contribution in [3.8, 4) is 17.2 Å². The number of hydrogen-bond donors (Lipinski definition) is 2. The number of nitrogens with zero attached hydrogens (tertiary/aromatic N) is 1. The van der Waals surface area contributed by atoms with Gasteiger partial charge in [0.25, 0.3) is 10.0 Å². The SMILES string of the molecule is CCOc1ccc(Oc2ccc(NC(=O)CCN=C3NS(=O)(=O)c4ccccc43)cc2)cc1. The molecule has 3 aromatic carbocycles. The smallest absolute Gasteiger partial charge is 0.263 e. The van der Waals surface area contributed by atoms with Crippen LogP contribution in [0.15, 0.2) is 82.7 Å². The van der Waals surface area contributed by atoms with Gasteiger partial charge in [-0.2, -0.15) is 0 Å². The zero-order chi connectivity index (χ0) is 23.3. The van der Waals surface area contributed by atoms with Crippen molar-refractivity contribution in [1.82, 2.24) is 4.72 Å². The van der Waals surface area contributed by atoms with E-state index >= 15 is 0 Å². The van der Waals surface area contributed by atoms with Gasteiger partial charge in [0.1, 0.15) is 23.1 Å². The van der Waals surface area contributed by atoms with E-state index in [0.717, 1.165) is 5.75 Å². The highest BCUT2D eigenvalue weighted by Gasteiger charge is 2.29. The van der Waals surface area contributed by atoms with Crippen molar-refractivity contribution in [2.45, 2.75) is 18.2 Å². The van der Waals surface area contributed by atoms with E-state index in [-0.39, 0.29) is 29.6 Å². The second-order valence-corrected chi connectivity index (χ2v) is 8.81. The number of hydrogen-bond acceptors (Lipinski definition) is 6. The average Bonchev–Trinajstić information content (AvgIpc) is 3.07. The van der Waals surface area contributed by atoms with Crippen molar-refractivity contribution in [2.75, 3.05) is 18.5 Å². The molecule has 0 saturated heterocycles. The first-order chi connectivity index (χ1) is 15.9. The summed E-state index contributed by atoms with van der Waals surface area (Å²) in [4.78, 5) is 16.7. The van der Waals surface area contributed by atoms with Gasteiger partial charge in [0.15, 0.2) is 0 Å². The predicted molar refractivity (Wildman–Crippen MR) is 126 cm³/mol. The monoisotopic (exact) mass is 465 g/mol. The van der Waals surface area contributed by atoms with Crippen LogP contribution in [0.3, 0.4) is 0 Å². The van der Waals surface area contributed by atoms with Crippen molar-refractivity contribution < 1.29 is 22.7 Å². The van der Waals surface area contributed by atoms with Crippen LogP contribution in [0, 0.1) is 0 Å². The molecule has 0 unspecified atom stereocenters. The fraction of sp³-hybridized carbons (Fsp3) is 0.167. The van der Waals surface area contributed by atoms with E-state index in [2.05, 4.69) is 15.0 Å². The molecule has 1 heterocycles. The summed E-state index contributed by atoms with van der Waals surface area (Å²) in [5.41, 5.74) is 1.14. The Morgan fingerprint density at radius 2 is 1.58 bits per heavy atom. The maximum atomic E-state index is 12.3. The lowest BCUT2D eigenvalue weighted by Crippen LogP contribution is -2.23. The summed E-state index contributed by atoms with van der Waals surface area (Å²) in [6, 6.07) is 20.9. The van der Waals surface area contributed by atoms with Crippen LogP contribution in [0.2, 0.25) is 0 Å². The molecule has 1 aliphatic heterocycles. The van der Waals surface area contributed by atoms with Gasteiger partial charge in [-0.1, -0.05) is 12.1 Å². The third-order valence-electron chi connectivity index (χ3n) is 4.78. The lowest BCUT2D eigenvalue weighted by atomic mass is 10.2. The van der Waals surface area contributed by atoms with Crippen LogP contribution >= 0.6 is 0 Å². The minimum absolute atomic E-state index is 0.109. The highest BCUT2D eigenvalue weighted by molar-refractivity contribution is 7.90. The second-order valence-electron chi connectivity index (χ2n) is 7.16. The zero-order valence-electron chi connectivity index (χ0n) is 17.9. The molecular formula is C24H23N3O5S. The largest absolute Gasteiger partial charge is 0.494 e. The number of carbonyl (C=O) groups excluding carboxylic acids is 1. The summed E-state index contributed by atoms with van der Waals surface area (Å²) in [7, 11) is -3.59. The molecule has 9 heteroatoms.